The van der Waals surface area contributed by atoms with E-state index in [9.17, 15) is 14.7 Å². The van der Waals surface area contributed by atoms with E-state index in [-0.39, 0.29) is 11.6 Å². The zero-order chi connectivity index (χ0) is 34.6. The minimum Gasteiger partial charge on any atom is -0.493 e. The number of anilines is 2. The van der Waals surface area contributed by atoms with Crippen molar-refractivity contribution in [1.29, 1.82) is 0 Å². The van der Waals surface area contributed by atoms with Crippen LogP contribution in [0.1, 0.15) is 44.0 Å². The molecule has 0 fully saturated rings. The molecule has 7 rings (SSSR count). The topological polar surface area (TPSA) is 126 Å². The standard InChI is InChI=1S/C38H37N7O4S/c1-43(2)18-8-20-49-32-13-5-3-9-26(32)22-45-23-27(21-39-45)28-15-16-34(41-35(28)37(47)48)44-19-17-25-10-7-11-29(30(25)24-44)36(46)42-38-40-31-12-4-6-14-33(31)50-38/h3-7,9-16,21,23H,8,17-20,22,24H2,1-2H3,(H,47,48)(H,40,42,46). The van der Waals surface area contributed by atoms with Gasteiger partial charge in [0, 0.05) is 48.1 Å². The van der Waals surface area contributed by atoms with E-state index >= 15 is 0 Å². The van der Waals surface area contributed by atoms with Gasteiger partial charge in [-0.1, -0.05) is 53.8 Å². The van der Waals surface area contributed by atoms with Gasteiger partial charge in [-0.2, -0.15) is 5.10 Å². The molecular formula is C38H37N7O4S. The number of amides is 1. The van der Waals surface area contributed by atoms with Gasteiger partial charge in [-0.05, 0) is 74.5 Å². The van der Waals surface area contributed by atoms with Crippen LogP contribution in [0.5, 0.6) is 5.75 Å². The summed E-state index contributed by atoms with van der Waals surface area (Å²) >= 11 is 1.43. The van der Waals surface area contributed by atoms with Crippen LogP contribution in [0.4, 0.5) is 10.9 Å². The number of carboxylic acids is 1. The number of aromatic nitrogens is 4. The number of aromatic carboxylic acids is 1. The van der Waals surface area contributed by atoms with Crippen molar-refractivity contribution in [1.82, 2.24) is 24.6 Å². The third kappa shape index (κ3) is 7.21. The summed E-state index contributed by atoms with van der Waals surface area (Å²) in [6.45, 7) is 3.08. The quantitative estimate of drug-likeness (QED) is 0.140. The van der Waals surface area contributed by atoms with Crippen LogP contribution in [0.3, 0.4) is 0 Å². The van der Waals surface area contributed by atoms with E-state index in [0.717, 1.165) is 45.6 Å². The number of nitrogens with zero attached hydrogens (tertiary/aromatic N) is 6. The van der Waals surface area contributed by atoms with Gasteiger partial charge in [-0.3, -0.25) is 14.8 Å². The van der Waals surface area contributed by atoms with E-state index in [4.69, 9.17) is 4.74 Å². The number of rotatable bonds is 12. The Kier molecular flexibility index (Phi) is 9.54. The highest BCUT2D eigenvalue weighted by atomic mass is 32.1. The zero-order valence-electron chi connectivity index (χ0n) is 27.9. The predicted octanol–water partition coefficient (Wildman–Crippen LogP) is 6.45. The Morgan fingerprint density at radius 2 is 1.84 bits per heavy atom. The van der Waals surface area contributed by atoms with E-state index < -0.39 is 5.97 Å². The van der Waals surface area contributed by atoms with Crippen molar-refractivity contribution in [3.05, 3.63) is 119 Å². The van der Waals surface area contributed by atoms with E-state index in [1.165, 1.54) is 11.3 Å². The summed E-state index contributed by atoms with van der Waals surface area (Å²) in [6, 6.07) is 25.0. The molecule has 0 spiro atoms. The Labute approximate surface area is 293 Å². The zero-order valence-corrected chi connectivity index (χ0v) is 28.7. The van der Waals surface area contributed by atoms with Crippen LogP contribution in [0.25, 0.3) is 21.3 Å². The number of hydrogen-bond donors (Lipinski definition) is 2. The number of benzene rings is 3. The van der Waals surface area contributed by atoms with Gasteiger partial charge in [-0.15, -0.1) is 0 Å². The Balaban J connectivity index is 1.08. The van der Waals surface area contributed by atoms with Crippen LogP contribution in [-0.4, -0.2) is 75.4 Å². The van der Waals surface area contributed by atoms with Crippen LogP contribution in [0.2, 0.25) is 0 Å². The molecule has 3 aromatic heterocycles. The van der Waals surface area contributed by atoms with Gasteiger partial charge in [0.15, 0.2) is 10.8 Å². The SMILES string of the molecule is CN(C)CCCOc1ccccc1Cn1cc(-c2ccc(N3CCc4cccc(C(=O)Nc5nc6ccccc6s5)c4C3)nc2C(=O)O)cn1. The molecular weight excluding hydrogens is 651 g/mol. The molecule has 0 unspecified atom stereocenters. The molecule has 0 saturated carbocycles. The van der Waals surface area contributed by atoms with Gasteiger partial charge < -0.3 is 19.6 Å². The van der Waals surface area contributed by atoms with Crippen molar-refractivity contribution in [2.45, 2.75) is 25.9 Å². The fraction of sp³-hybridized carbons (Fsp3) is 0.237. The summed E-state index contributed by atoms with van der Waals surface area (Å²) in [4.78, 5) is 39.4. The molecule has 3 aromatic carbocycles. The number of pyridine rings is 1. The van der Waals surface area contributed by atoms with Crippen LogP contribution >= 0.6 is 11.3 Å². The molecule has 0 aliphatic carbocycles. The summed E-state index contributed by atoms with van der Waals surface area (Å²) < 4.78 is 8.85. The first-order valence-corrected chi connectivity index (χ1v) is 17.3. The Morgan fingerprint density at radius 1 is 1.00 bits per heavy atom. The molecule has 6 aromatic rings. The molecule has 0 radical (unpaired) electrons. The number of fused-ring (bicyclic) bond motifs is 2. The minimum absolute atomic E-state index is 0.0562. The Morgan fingerprint density at radius 3 is 2.68 bits per heavy atom. The summed E-state index contributed by atoms with van der Waals surface area (Å²) in [5.41, 5.74) is 5.44. The summed E-state index contributed by atoms with van der Waals surface area (Å²) in [6.07, 6.45) is 5.10. The van der Waals surface area contributed by atoms with E-state index in [2.05, 4.69) is 25.3 Å². The first-order chi connectivity index (χ1) is 24.3. The lowest BCUT2D eigenvalue weighted by molar-refractivity contribution is 0.0691. The van der Waals surface area contributed by atoms with Crippen molar-refractivity contribution in [3.63, 3.8) is 0 Å². The lowest BCUT2D eigenvalue weighted by Gasteiger charge is -2.31. The molecule has 0 bridgehead atoms. The third-order valence-corrected chi connectivity index (χ3v) is 9.65. The maximum absolute atomic E-state index is 13.5. The molecule has 2 N–H and O–H groups in total. The smallest absolute Gasteiger partial charge is 0.355 e. The molecule has 254 valence electrons. The fourth-order valence-electron chi connectivity index (χ4n) is 6.20. The number of ether oxygens (including phenoxy) is 1. The second-order valence-electron chi connectivity index (χ2n) is 12.5. The molecule has 1 aliphatic rings. The maximum atomic E-state index is 13.5. The molecule has 1 aliphatic heterocycles. The average Bonchev–Trinajstić information content (AvgIpc) is 3.76. The number of carbonyl (C=O) groups excluding carboxylic acids is 1. The second kappa shape index (κ2) is 14.5. The number of carboxylic acid groups (broad SMARTS) is 1. The van der Waals surface area contributed by atoms with Gasteiger partial charge in [0.25, 0.3) is 5.91 Å². The Bertz CT molecular complexity index is 2140. The summed E-state index contributed by atoms with van der Waals surface area (Å²) in [5.74, 6) is -0.0147. The Hall–Kier alpha value is -5.59. The van der Waals surface area contributed by atoms with Crippen LogP contribution < -0.4 is 15.0 Å². The largest absolute Gasteiger partial charge is 0.493 e. The number of carbonyl (C=O) groups is 2. The van der Waals surface area contributed by atoms with Gasteiger partial charge in [0.05, 0.1) is 29.6 Å². The van der Waals surface area contributed by atoms with Gasteiger partial charge in [0.1, 0.15) is 11.6 Å². The van der Waals surface area contributed by atoms with Crippen molar-refractivity contribution in [2.75, 3.05) is 44.0 Å². The fourth-order valence-corrected chi connectivity index (χ4v) is 7.06. The molecule has 12 heteroatoms. The van der Waals surface area contributed by atoms with Crippen molar-refractivity contribution in [2.24, 2.45) is 0 Å². The van der Waals surface area contributed by atoms with E-state index in [1.807, 2.05) is 98.0 Å². The number of para-hydroxylation sites is 2. The van der Waals surface area contributed by atoms with Gasteiger partial charge >= 0.3 is 5.97 Å². The molecule has 0 saturated heterocycles. The lowest BCUT2D eigenvalue weighted by Crippen LogP contribution is -2.33. The summed E-state index contributed by atoms with van der Waals surface area (Å²) in [5, 5.41) is 18.3. The molecule has 1 amide bonds. The van der Waals surface area contributed by atoms with Crippen molar-refractivity contribution >= 4 is 44.4 Å². The van der Waals surface area contributed by atoms with Gasteiger partial charge in [-0.25, -0.2) is 14.8 Å². The van der Waals surface area contributed by atoms with Gasteiger partial charge in [0.2, 0.25) is 0 Å². The number of thiazole rings is 1. The number of nitrogens with one attached hydrogen (secondary N) is 1. The monoisotopic (exact) mass is 687 g/mol. The normalized spacial score (nSPS) is 12.7. The summed E-state index contributed by atoms with van der Waals surface area (Å²) in [7, 11) is 4.08. The average molecular weight is 688 g/mol. The van der Waals surface area contributed by atoms with E-state index in [0.29, 0.717) is 60.3 Å². The molecule has 50 heavy (non-hydrogen) atoms. The second-order valence-corrected chi connectivity index (χ2v) is 13.5. The maximum Gasteiger partial charge on any atom is 0.355 e. The van der Waals surface area contributed by atoms with Crippen LogP contribution in [0.15, 0.2) is 91.3 Å². The molecule has 4 heterocycles. The highest BCUT2D eigenvalue weighted by Crippen LogP contribution is 2.31. The highest BCUT2D eigenvalue weighted by molar-refractivity contribution is 7.22. The van der Waals surface area contributed by atoms with E-state index in [1.54, 1.807) is 16.9 Å². The molecule has 0 atom stereocenters. The molecule has 11 nitrogen and oxygen atoms in total. The predicted molar refractivity (Wildman–Crippen MR) is 195 cm³/mol. The van der Waals surface area contributed by atoms with Crippen LogP contribution in [0, 0.1) is 0 Å². The highest BCUT2D eigenvalue weighted by Gasteiger charge is 2.25. The number of hydrogen-bond acceptors (Lipinski definition) is 9. The minimum atomic E-state index is -1.13. The first kappa shape index (κ1) is 32.9. The van der Waals surface area contributed by atoms with Crippen molar-refractivity contribution < 1.29 is 19.4 Å². The first-order valence-electron chi connectivity index (χ1n) is 16.5. The van der Waals surface area contributed by atoms with Crippen LogP contribution in [-0.2, 0) is 19.5 Å². The van der Waals surface area contributed by atoms with Crippen molar-refractivity contribution in [3.8, 4) is 16.9 Å². The lowest BCUT2D eigenvalue weighted by atomic mass is 9.94. The third-order valence-electron chi connectivity index (χ3n) is 8.70.